The van der Waals surface area contributed by atoms with Crippen LogP contribution in [0.15, 0.2) is 35.4 Å². The molecule has 0 unspecified atom stereocenters. The van der Waals surface area contributed by atoms with Crippen molar-refractivity contribution in [1.29, 1.82) is 0 Å². The first-order valence-electron chi connectivity index (χ1n) is 6.51. The van der Waals surface area contributed by atoms with Crippen molar-refractivity contribution in [2.75, 3.05) is 5.73 Å². The summed E-state index contributed by atoms with van der Waals surface area (Å²) < 4.78 is 1.60. The van der Waals surface area contributed by atoms with Gasteiger partial charge in [-0.25, -0.2) is 9.78 Å². The molecule has 0 fully saturated rings. The SMILES string of the molecule is Nc1ccc2c(c1)c(=CC(=O)O)c1c2[nH]c(=O)c2nccn21. The predicted octanol–water partition coefficient (Wildman–Crippen LogP) is 0.495. The van der Waals surface area contributed by atoms with Crippen LogP contribution >= 0.6 is 0 Å². The topological polar surface area (TPSA) is 113 Å². The Bertz CT molecular complexity index is 1190. The maximum absolute atomic E-state index is 12.1. The molecule has 0 spiro atoms. The molecule has 4 rings (SSSR count). The molecule has 0 saturated heterocycles. The summed E-state index contributed by atoms with van der Waals surface area (Å²) in [7, 11) is 0. The van der Waals surface area contributed by atoms with Crippen LogP contribution in [-0.4, -0.2) is 25.4 Å². The largest absolute Gasteiger partial charge is 0.478 e. The van der Waals surface area contributed by atoms with Gasteiger partial charge in [-0.3, -0.25) is 9.20 Å². The summed E-state index contributed by atoms with van der Waals surface area (Å²) in [5.41, 5.74) is 7.38. The lowest BCUT2D eigenvalue weighted by atomic mass is 10.2. The molecule has 0 aliphatic carbocycles. The molecule has 7 heteroatoms. The van der Waals surface area contributed by atoms with Crippen LogP contribution in [-0.2, 0) is 4.79 Å². The van der Waals surface area contributed by atoms with Gasteiger partial charge in [0.05, 0.1) is 11.0 Å². The summed E-state index contributed by atoms with van der Waals surface area (Å²) in [6.45, 7) is 0. The molecule has 108 valence electrons. The molecule has 0 aliphatic heterocycles. The van der Waals surface area contributed by atoms with Gasteiger partial charge < -0.3 is 15.8 Å². The second-order valence-corrected chi connectivity index (χ2v) is 5.00. The summed E-state index contributed by atoms with van der Waals surface area (Å²) in [5.74, 6) is -1.07. The van der Waals surface area contributed by atoms with Crippen molar-refractivity contribution in [3.8, 4) is 0 Å². The Morgan fingerprint density at radius 2 is 2.18 bits per heavy atom. The van der Waals surface area contributed by atoms with Gasteiger partial charge in [-0.2, -0.15) is 0 Å². The maximum atomic E-state index is 12.1. The number of aromatic nitrogens is 3. The molecule has 2 heterocycles. The van der Waals surface area contributed by atoms with E-state index in [0.29, 0.717) is 27.3 Å². The quantitative estimate of drug-likeness (QED) is 0.442. The highest BCUT2D eigenvalue weighted by atomic mass is 16.4. The van der Waals surface area contributed by atoms with Crippen molar-refractivity contribution in [2.24, 2.45) is 0 Å². The Kier molecular flexibility index (Phi) is 2.30. The second-order valence-electron chi connectivity index (χ2n) is 5.00. The van der Waals surface area contributed by atoms with Crippen LogP contribution in [0.1, 0.15) is 0 Å². The van der Waals surface area contributed by atoms with E-state index in [1.807, 2.05) is 0 Å². The monoisotopic (exact) mass is 294 g/mol. The highest BCUT2D eigenvalue weighted by molar-refractivity contribution is 6.14. The van der Waals surface area contributed by atoms with Gasteiger partial charge in [0, 0.05) is 34.8 Å². The molecule has 0 aliphatic rings. The molecule has 4 N–H and O–H groups in total. The molecule has 2 aromatic carbocycles. The molecular formula is C15H10N4O3. The van der Waals surface area contributed by atoms with E-state index in [2.05, 4.69) is 9.97 Å². The van der Waals surface area contributed by atoms with E-state index < -0.39 is 5.97 Å². The van der Waals surface area contributed by atoms with Crippen LogP contribution in [0.2, 0.25) is 0 Å². The van der Waals surface area contributed by atoms with Gasteiger partial charge >= 0.3 is 5.97 Å². The number of aromatic amines is 1. The number of nitrogen functional groups attached to an aromatic ring is 1. The van der Waals surface area contributed by atoms with E-state index in [-0.39, 0.29) is 11.2 Å². The van der Waals surface area contributed by atoms with Gasteiger partial charge in [0.15, 0.2) is 0 Å². The Morgan fingerprint density at radius 1 is 1.36 bits per heavy atom. The van der Waals surface area contributed by atoms with Crippen molar-refractivity contribution < 1.29 is 9.90 Å². The minimum atomic E-state index is -1.07. The number of benzene rings is 1. The standard InChI is InChI=1S/C15H10N4O3/c16-7-1-2-8-9(5-7)10(6-11(20)21)13-12(8)18-15(22)14-17-3-4-19(13)14/h1-6H,16H2,(H,18,22)(H,20,21). The third-order valence-electron chi connectivity index (χ3n) is 3.69. The van der Waals surface area contributed by atoms with E-state index in [1.54, 1.807) is 28.8 Å². The number of fused-ring (bicyclic) bond motifs is 5. The van der Waals surface area contributed by atoms with Crippen LogP contribution in [0.4, 0.5) is 5.69 Å². The zero-order valence-corrected chi connectivity index (χ0v) is 11.2. The van der Waals surface area contributed by atoms with Crippen molar-refractivity contribution in [2.45, 2.75) is 0 Å². The number of aliphatic carboxylic acids is 1. The summed E-state index contributed by atoms with van der Waals surface area (Å²) in [6, 6.07) is 5.18. The van der Waals surface area contributed by atoms with E-state index in [4.69, 9.17) is 10.8 Å². The fourth-order valence-corrected chi connectivity index (χ4v) is 2.86. The van der Waals surface area contributed by atoms with E-state index in [9.17, 15) is 9.59 Å². The minimum absolute atomic E-state index is 0.218. The first kappa shape index (κ1) is 12.4. The molecule has 4 aromatic rings. The average Bonchev–Trinajstić information content (AvgIpc) is 3.03. The lowest BCUT2D eigenvalue weighted by Crippen LogP contribution is -2.13. The number of hydrogen-bond donors (Lipinski definition) is 3. The number of nitrogens with zero attached hydrogens (tertiary/aromatic N) is 2. The fraction of sp³-hybridized carbons (Fsp3) is 0. The summed E-state index contributed by atoms with van der Waals surface area (Å²) in [6.07, 6.45) is 4.25. The first-order valence-corrected chi connectivity index (χ1v) is 6.51. The minimum Gasteiger partial charge on any atom is -0.478 e. The first-order chi connectivity index (χ1) is 10.6. The third-order valence-corrected chi connectivity index (χ3v) is 3.69. The smallest absolute Gasteiger partial charge is 0.329 e. The van der Waals surface area contributed by atoms with E-state index >= 15 is 0 Å². The number of nitrogens with two attached hydrogens (primary N) is 1. The van der Waals surface area contributed by atoms with Crippen LogP contribution in [0, 0.1) is 0 Å². The third kappa shape index (κ3) is 1.53. The predicted molar refractivity (Wildman–Crippen MR) is 82.6 cm³/mol. The van der Waals surface area contributed by atoms with Crippen molar-refractivity contribution in [3.63, 3.8) is 0 Å². The number of anilines is 1. The van der Waals surface area contributed by atoms with Gasteiger partial charge in [0.2, 0.25) is 5.65 Å². The van der Waals surface area contributed by atoms with Crippen LogP contribution in [0.3, 0.4) is 0 Å². The highest BCUT2D eigenvalue weighted by Crippen LogP contribution is 2.23. The average molecular weight is 294 g/mol. The molecule has 7 nitrogen and oxygen atoms in total. The van der Waals surface area contributed by atoms with Gasteiger partial charge in [-0.15, -0.1) is 0 Å². The number of nitrogens with one attached hydrogen (secondary N) is 1. The zero-order chi connectivity index (χ0) is 15.4. The molecule has 0 amide bonds. The normalized spacial score (nSPS) is 12.6. The molecule has 0 saturated carbocycles. The summed E-state index contributed by atoms with van der Waals surface area (Å²) in [5, 5.41) is 11.1. The number of carbonyl (C=O) groups is 1. The highest BCUT2D eigenvalue weighted by Gasteiger charge is 2.14. The second kappa shape index (κ2) is 4.08. The Morgan fingerprint density at radius 3 is 2.95 bits per heavy atom. The van der Waals surface area contributed by atoms with E-state index in [1.165, 1.54) is 6.20 Å². The maximum Gasteiger partial charge on any atom is 0.329 e. The number of carboxylic acids is 1. The molecule has 0 atom stereocenters. The molecule has 0 radical (unpaired) electrons. The fourth-order valence-electron chi connectivity index (χ4n) is 2.86. The van der Waals surface area contributed by atoms with Crippen molar-refractivity contribution in [1.82, 2.24) is 14.4 Å². The van der Waals surface area contributed by atoms with Crippen molar-refractivity contribution >= 4 is 45.2 Å². The Labute approximate surface area is 122 Å². The Hall–Kier alpha value is -3.35. The summed E-state index contributed by atoms with van der Waals surface area (Å²) in [4.78, 5) is 30.1. The number of imidazole rings is 1. The van der Waals surface area contributed by atoms with Crippen LogP contribution in [0.5, 0.6) is 0 Å². The Balaban J connectivity index is 2.44. The van der Waals surface area contributed by atoms with Gasteiger partial charge in [-0.05, 0) is 17.5 Å². The molecule has 22 heavy (non-hydrogen) atoms. The van der Waals surface area contributed by atoms with Crippen LogP contribution in [0.25, 0.3) is 33.5 Å². The summed E-state index contributed by atoms with van der Waals surface area (Å²) >= 11 is 0. The number of hydrogen-bond acceptors (Lipinski definition) is 4. The lowest BCUT2D eigenvalue weighted by molar-refractivity contribution is -0.129. The molecule has 0 bridgehead atoms. The number of carboxylic acid groups (broad SMARTS) is 1. The van der Waals surface area contributed by atoms with Gasteiger partial charge in [0.1, 0.15) is 0 Å². The van der Waals surface area contributed by atoms with E-state index in [0.717, 1.165) is 11.5 Å². The van der Waals surface area contributed by atoms with Crippen molar-refractivity contribution in [3.05, 3.63) is 46.2 Å². The van der Waals surface area contributed by atoms with Gasteiger partial charge in [0.25, 0.3) is 5.56 Å². The number of rotatable bonds is 1. The van der Waals surface area contributed by atoms with Crippen LogP contribution < -0.4 is 16.5 Å². The zero-order valence-electron chi connectivity index (χ0n) is 11.2. The molecule has 2 aromatic heterocycles. The van der Waals surface area contributed by atoms with Gasteiger partial charge in [-0.1, -0.05) is 6.07 Å². The lowest BCUT2D eigenvalue weighted by Gasteiger charge is -1.97. The molecular weight excluding hydrogens is 284 g/mol. The number of H-pyrrole nitrogens is 1.